The minimum atomic E-state index is -1.10. The predicted molar refractivity (Wildman–Crippen MR) is 122 cm³/mol. The Morgan fingerprint density at radius 1 is 1.12 bits per heavy atom. The van der Waals surface area contributed by atoms with Crippen LogP contribution in [0.3, 0.4) is 0 Å². The number of aromatic nitrogens is 3. The van der Waals surface area contributed by atoms with Crippen LogP contribution in [0.25, 0.3) is 22.4 Å². The van der Waals surface area contributed by atoms with Crippen LogP contribution in [-0.4, -0.2) is 50.8 Å². The fraction of sp³-hybridized carbons (Fsp3) is 0.130. The van der Waals surface area contributed by atoms with Gasteiger partial charge in [-0.1, -0.05) is 0 Å². The lowest BCUT2D eigenvalue weighted by atomic mass is 10.2. The minimum Gasteiger partial charge on any atom is -0.497 e. The molecule has 0 fully saturated rings. The van der Waals surface area contributed by atoms with Gasteiger partial charge in [0.05, 0.1) is 18.1 Å². The van der Waals surface area contributed by atoms with E-state index in [9.17, 15) is 14.7 Å². The zero-order valence-electron chi connectivity index (χ0n) is 17.1. The Morgan fingerprint density at radius 3 is 2.56 bits per heavy atom. The minimum absolute atomic E-state index is 0.186. The summed E-state index contributed by atoms with van der Waals surface area (Å²) in [5, 5.41) is 12.2. The summed E-state index contributed by atoms with van der Waals surface area (Å²) >= 11 is 1.34. The third-order valence-corrected chi connectivity index (χ3v) is 5.88. The van der Waals surface area contributed by atoms with Crippen molar-refractivity contribution in [1.82, 2.24) is 20.3 Å². The number of thioether (sulfide) groups is 1. The van der Waals surface area contributed by atoms with Crippen molar-refractivity contribution in [3.05, 3.63) is 72.6 Å². The number of H-pyrrole nitrogens is 1. The van der Waals surface area contributed by atoms with Gasteiger partial charge in [-0.05, 0) is 54.6 Å². The zero-order chi connectivity index (χ0) is 22.5. The van der Waals surface area contributed by atoms with Gasteiger partial charge < -0.3 is 20.1 Å². The van der Waals surface area contributed by atoms with Gasteiger partial charge in [0.25, 0.3) is 5.91 Å². The van der Waals surface area contributed by atoms with Gasteiger partial charge in [-0.2, -0.15) is 0 Å². The lowest BCUT2D eigenvalue weighted by Gasteiger charge is -2.14. The second-order valence-electron chi connectivity index (χ2n) is 6.90. The summed E-state index contributed by atoms with van der Waals surface area (Å²) in [5.74, 6) is 0.0148. The lowest BCUT2D eigenvalue weighted by molar-refractivity contribution is -0.138. The maximum Gasteiger partial charge on any atom is 0.327 e. The lowest BCUT2D eigenvalue weighted by Crippen LogP contribution is -2.42. The first-order chi connectivity index (χ1) is 15.5. The number of nitrogens with zero attached hydrogens (tertiary/aromatic N) is 2. The van der Waals surface area contributed by atoms with E-state index in [1.165, 1.54) is 11.8 Å². The second-order valence-corrected chi connectivity index (χ2v) is 8.00. The molecule has 1 atom stereocenters. The van der Waals surface area contributed by atoms with Gasteiger partial charge in [-0.25, -0.2) is 9.78 Å². The van der Waals surface area contributed by atoms with Crippen LogP contribution in [0.5, 0.6) is 5.75 Å². The summed E-state index contributed by atoms with van der Waals surface area (Å²) in [4.78, 5) is 37.0. The summed E-state index contributed by atoms with van der Waals surface area (Å²) in [7, 11) is 1.58. The number of benzene rings is 2. The highest BCUT2D eigenvalue weighted by Crippen LogP contribution is 2.23. The molecule has 32 heavy (non-hydrogen) atoms. The molecule has 4 rings (SSSR count). The molecule has 162 valence electrons. The zero-order valence-corrected chi connectivity index (χ0v) is 17.9. The van der Waals surface area contributed by atoms with Crippen LogP contribution < -0.4 is 10.1 Å². The smallest absolute Gasteiger partial charge is 0.327 e. The average Bonchev–Trinajstić information content (AvgIpc) is 3.26. The number of methoxy groups -OCH3 is 1. The Balaban J connectivity index is 1.46. The van der Waals surface area contributed by atoms with E-state index >= 15 is 0 Å². The number of aliphatic carboxylic acids is 1. The first-order valence-corrected chi connectivity index (χ1v) is 10.7. The Labute approximate surface area is 188 Å². The molecule has 2 aromatic carbocycles. The third kappa shape index (κ3) is 4.89. The topological polar surface area (TPSA) is 117 Å². The number of carboxylic acids is 1. The first kappa shape index (κ1) is 21.4. The standard InChI is InChI=1S/C23H20N4O4S/c1-31-16-3-5-17(6-4-16)32-13-20(23(29)30)27-22(28)15-2-7-18-19(12-15)26-21(25-18)14-8-10-24-11-9-14/h2-12,20H,13H2,1H3,(H,25,26)(H,27,28)(H,29,30)/t20-/m0/s1. The Hall–Kier alpha value is -3.85. The van der Waals surface area contributed by atoms with Crippen LogP contribution in [0.15, 0.2) is 71.9 Å². The number of ether oxygens (including phenoxy) is 1. The van der Waals surface area contributed by atoms with Crippen LogP contribution in [0.2, 0.25) is 0 Å². The van der Waals surface area contributed by atoms with E-state index in [-0.39, 0.29) is 5.75 Å². The second kappa shape index (κ2) is 9.52. The summed E-state index contributed by atoms with van der Waals surface area (Å²) < 4.78 is 5.12. The van der Waals surface area contributed by atoms with E-state index in [0.717, 1.165) is 16.2 Å². The number of rotatable bonds is 8. The fourth-order valence-electron chi connectivity index (χ4n) is 3.07. The average molecular weight is 449 g/mol. The van der Waals surface area contributed by atoms with Crippen molar-refractivity contribution < 1.29 is 19.4 Å². The molecule has 0 unspecified atom stereocenters. The van der Waals surface area contributed by atoms with Crippen molar-refractivity contribution >= 4 is 34.7 Å². The van der Waals surface area contributed by atoms with Crippen LogP contribution in [0.4, 0.5) is 0 Å². The molecule has 0 aliphatic carbocycles. The number of carboxylic acid groups (broad SMARTS) is 1. The summed E-state index contributed by atoms with van der Waals surface area (Å²) in [6.45, 7) is 0. The van der Waals surface area contributed by atoms with Gasteiger partial charge >= 0.3 is 5.97 Å². The molecule has 4 aromatic rings. The maximum absolute atomic E-state index is 12.7. The largest absolute Gasteiger partial charge is 0.497 e. The molecule has 0 aliphatic rings. The van der Waals surface area contributed by atoms with Crippen LogP contribution in [0, 0.1) is 0 Å². The van der Waals surface area contributed by atoms with Gasteiger partial charge in [0.2, 0.25) is 0 Å². The maximum atomic E-state index is 12.7. The summed E-state index contributed by atoms with van der Waals surface area (Å²) in [6.07, 6.45) is 3.36. The van der Waals surface area contributed by atoms with Crippen molar-refractivity contribution in [3.8, 4) is 17.1 Å². The normalized spacial score (nSPS) is 11.8. The number of carbonyl (C=O) groups is 2. The monoisotopic (exact) mass is 448 g/mol. The van der Waals surface area contributed by atoms with Gasteiger partial charge in [-0.15, -0.1) is 11.8 Å². The molecular formula is C23H20N4O4S. The third-order valence-electron chi connectivity index (χ3n) is 4.78. The van der Waals surface area contributed by atoms with Crippen molar-refractivity contribution in [3.63, 3.8) is 0 Å². The number of imidazole rings is 1. The number of amides is 1. The SMILES string of the molecule is COc1ccc(SC[C@H](NC(=O)c2ccc3nc(-c4ccncc4)[nH]c3c2)C(=O)O)cc1. The van der Waals surface area contributed by atoms with E-state index in [4.69, 9.17) is 4.74 Å². The van der Waals surface area contributed by atoms with E-state index in [2.05, 4.69) is 20.3 Å². The van der Waals surface area contributed by atoms with Gasteiger partial charge in [-0.3, -0.25) is 9.78 Å². The molecule has 0 bridgehead atoms. The van der Waals surface area contributed by atoms with E-state index in [1.54, 1.807) is 49.8 Å². The molecule has 2 aromatic heterocycles. The Morgan fingerprint density at radius 2 is 1.88 bits per heavy atom. The number of nitrogens with one attached hydrogen (secondary N) is 2. The first-order valence-electron chi connectivity index (χ1n) is 9.74. The highest BCUT2D eigenvalue weighted by molar-refractivity contribution is 7.99. The quantitative estimate of drug-likeness (QED) is 0.353. The van der Waals surface area contributed by atoms with Gasteiger partial charge in [0.1, 0.15) is 17.6 Å². The molecule has 9 heteroatoms. The van der Waals surface area contributed by atoms with Crippen molar-refractivity contribution in [2.24, 2.45) is 0 Å². The summed E-state index contributed by atoms with van der Waals surface area (Å²) in [6, 6.07) is 14.9. The van der Waals surface area contributed by atoms with Crippen molar-refractivity contribution in [2.45, 2.75) is 10.9 Å². The van der Waals surface area contributed by atoms with Crippen molar-refractivity contribution in [2.75, 3.05) is 12.9 Å². The molecular weight excluding hydrogens is 428 g/mol. The molecule has 0 saturated heterocycles. The van der Waals surface area contributed by atoms with Gasteiger partial charge in [0.15, 0.2) is 0 Å². The molecule has 2 heterocycles. The molecule has 8 nitrogen and oxygen atoms in total. The van der Waals surface area contributed by atoms with Crippen molar-refractivity contribution in [1.29, 1.82) is 0 Å². The predicted octanol–water partition coefficient (Wildman–Crippen LogP) is 3.61. The van der Waals surface area contributed by atoms with E-state index in [1.807, 2.05) is 24.3 Å². The molecule has 3 N–H and O–H groups in total. The highest BCUT2D eigenvalue weighted by Gasteiger charge is 2.21. The van der Waals surface area contributed by atoms with Crippen LogP contribution in [0.1, 0.15) is 10.4 Å². The summed E-state index contributed by atoms with van der Waals surface area (Å²) in [5.41, 5.74) is 2.62. The van der Waals surface area contributed by atoms with E-state index in [0.29, 0.717) is 22.4 Å². The number of fused-ring (bicyclic) bond motifs is 1. The number of hydrogen-bond donors (Lipinski definition) is 3. The highest BCUT2D eigenvalue weighted by atomic mass is 32.2. The Bertz CT molecular complexity index is 1240. The van der Waals surface area contributed by atoms with Gasteiger partial charge in [0, 0.05) is 34.2 Å². The van der Waals surface area contributed by atoms with Crippen LogP contribution >= 0.6 is 11.8 Å². The molecule has 1 amide bonds. The van der Waals surface area contributed by atoms with Crippen LogP contribution in [-0.2, 0) is 4.79 Å². The fourth-order valence-corrected chi connectivity index (χ4v) is 3.98. The number of pyridine rings is 1. The number of carbonyl (C=O) groups excluding carboxylic acids is 1. The number of aromatic amines is 1. The molecule has 0 saturated carbocycles. The number of hydrogen-bond acceptors (Lipinski definition) is 6. The van der Waals surface area contributed by atoms with E-state index < -0.39 is 17.9 Å². The molecule has 0 radical (unpaired) electrons. The molecule has 0 aliphatic heterocycles. The Kier molecular flexibility index (Phi) is 6.37. The molecule has 0 spiro atoms.